The molecule has 8 rings (SSSR count). The Morgan fingerprint density at radius 1 is 0.514 bits per heavy atom. The third-order valence-electron chi connectivity index (χ3n) is 8.09. The Morgan fingerprint density at radius 2 is 0.865 bits per heavy atom. The summed E-state index contributed by atoms with van der Waals surface area (Å²) in [7, 11) is 0. The normalized spacial score (nSPS) is 15.0. The largest absolute Gasteiger partial charge is 0.507 e. The molecule has 1 spiro atoms. The highest BCUT2D eigenvalue weighted by Gasteiger charge is 2.45. The minimum Gasteiger partial charge on any atom is -0.507 e. The summed E-state index contributed by atoms with van der Waals surface area (Å²) in [5, 5.41) is 31.6. The molecule has 37 heavy (non-hydrogen) atoms. The topological polar surface area (TPSA) is 40.5 Å². The number of halogens is 2. The second-order valence-electron chi connectivity index (χ2n) is 9.93. The van der Waals surface area contributed by atoms with Crippen molar-refractivity contribution >= 4 is 87.1 Å². The molecule has 0 aliphatic heterocycles. The van der Waals surface area contributed by atoms with Crippen molar-refractivity contribution < 1.29 is 10.2 Å². The molecule has 6 aromatic carbocycles. The molecule has 4 heteroatoms. The summed E-state index contributed by atoms with van der Waals surface area (Å²) in [6.45, 7) is 0. The predicted octanol–water partition coefficient (Wildman–Crippen LogP) is 9.58. The Morgan fingerprint density at radius 3 is 1.24 bits per heavy atom. The van der Waals surface area contributed by atoms with Crippen molar-refractivity contribution in [2.24, 2.45) is 0 Å². The van der Waals surface area contributed by atoms with Gasteiger partial charge in [-0.3, -0.25) is 0 Å². The first kappa shape index (κ1) is 21.5. The fourth-order valence-electron chi connectivity index (χ4n) is 6.36. The third-order valence-corrected chi connectivity index (χ3v) is 9.80. The van der Waals surface area contributed by atoms with Gasteiger partial charge in [-0.05, 0) is 88.8 Å². The molecular weight excluding hydrogens is 588 g/mol. The molecule has 2 N–H and O–H groups in total. The van der Waals surface area contributed by atoms with E-state index < -0.39 is 5.41 Å². The van der Waals surface area contributed by atoms with E-state index in [0.717, 1.165) is 74.3 Å². The highest BCUT2D eigenvalue weighted by Crippen LogP contribution is 2.59. The average Bonchev–Trinajstić information content (AvgIpc) is 3.51. The zero-order chi connectivity index (χ0) is 25.1. The van der Waals surface area contributed by atoms with Gasteiger partial charge >= 0.3 is 0 Å². The molecule has 0 aromatic heterocycles. The monoisotopic (exact) mass is 604 g/mol. The van der Waals surface area contributed by atoms with Gasteiger partial charge in [0.15, 0.2) is 0 Å². The van der Waals surface area contributed by atoms with Crippen molar-refractivity contribution in [2.75, 3.05) is 0 Å². The van der Waals surface area contributed by atoms with Gasteiger partial charge in [0.05, 0.1) is 5.41 Å². The van der Waals surface area contributed by atoms with E-state index in [1.807, 2.05) is 24.3 Å². The Balaban J connectivity index is 1.48. The fraction of sp³-hybridized carbons (Fsp3) is 0.0303. The van der Waals surface area contributed by atoms with Gasteiger partial charge in [-0.2, -0.15) is 0 Å². The van der Waals surface area contributed by atoms with Crippen LogP contribution in [-0.2, 0) is 5.41 Å². The first-order valence-corrected chi connectivity index (χ1v) is 13.7. The number of phenolic OH excluding ortho intramolecular Hbond substituents is 2. The maximum absolute atomic E-state index is 11.8. The van der Waals surface area contributed by atoms with E-state index in [-0.39, 0.29) is 11.5 Å². The zero-order valence-electron chi connectivity index (χ0n) is 19.4. The minimum atomic E-state index is -0.774. The van der Waals surface area contributed by atoms with E-state index >= 15 is 0 Å². The third kappa shape index (κ3) is 2.64. The first-order chi connectivity index (χ1) is 18.0. The summed E-state index contributed by atoms with van der Waals surface area (Å²) in [4.78, 5) is 0. The molecule has 0 fully saturated rings. The van der Waals surface area contributed by atoms with Crippen LogP contribution in [-0.4, -0.2) is 10.2 Å². The molecule has 0 atom stereocenters. The molecule has 0 bridgehead atoms. The van der Waals surface area contributed by atoms with Crippen LogP contribution in [0.5, 0.6) is 11.5 Å². The lowest BCUT2D eigenvalue weighted by molar-refractivity contribution is 0.459. The second kappa shape index (κ2) is 7.25. The first-order valence-electron chi connectivity index (χ1n) is 12.1. The van der Waals surface area contributed by atoms with Crippen molar-refractivity contribution in [1.82, 2.24) is 0 Å². The maximum atomic E-state index is 11.8. The van der Waals surface area contributed by atoms with Crippen molar-refractivity contribution in [3.8, 4) is 11.5 Å². The molecule has 176 valence electrons. The molecule has 0 unspecified atom stereocenters. The summed E-state index contributed by atoms with van der Waals surface area (Å²) in [6.07, 6.45) is 8.32. The van der Waals surface area contributed by atoms with Crippen LogP contribution in [0.3, 0.4) is 0 Å². The number of benzene rings is 6. The summed E-state index contributed by atoms with van der Waals surface area (Å²) in [5.41, 5.74) is 2.68. The lowest BCUT2D eigenvalue weighted by atomic mass is 9.75. The van der Waals surface area contributed by atoms with Crippen molar-refractivity contribution in [1.29, 1.82) is 0 Å². The Labute approximate surface area is 229 Å². The molecule has 2 aliphatic carbocycles. The molecule has 0 saturated carbocycles. The molecule has 0 radical (unpaired) electrons. The van der Waals surface area contributed by atoms with E-state index in [2.05, 4.69) is 105 Å². The second-order valence-corrected chi connectivity index (χ2v) is 11.5. The number of fused-ring (bicyclic) bond motifs is 8. The van der Waals surface area contributed by atoms with Crippen LogP contribution in [0.4, 0.5) is 0 Å². The highest BCUT2D eigenvalue weighted by atomic mass is 79.9. The van der Waals surface area contributed by atoms with Crippen molar-refractivity contribution in [3.05, 3.63) is 116 Å². The van der Waals surface area contributed by atoms with Crippen LogP contribution < -0.4 is 0 Å². The zero-order valence-corrected chi connectivity index (χ0v) is 22.6. The minimum absolute atomic E-state index is 0.246. The summed E-state index contributed by atoms with van der Waals surface area (Å²) in [6, 6.07) is 24.7. The number of hydrogen-bond acceptors (Lipinski definition) is 2. The van der Waals surface area contributed by atoms with Crippen molar-refractivity contribution in [3.63, 3.8) is 0 Å². The number of hydrogen-bond donors (Lipinski definition) is 2. The summed E-state index contributed by atoms with van der Waals surface area (Å²) >= 11 is 7.73. The van der Waals surface area contributed by atoms with Gasteiger partial charge < -0.3 is 10.2 Å². The maximum Gasteiger partial charge on any atom is 0.128 e. The summed E-state index contributed by atoms with van der Waals surface area (Å²) in [5.74, 6) is 0.492. The average molecular weight is 606 g/mol. The smallest absolute Gasteiger partial charge is 0.128 e. The van der Waals surface area contributed by atoms with Crippen LogP contribution in [0.1, 0.15) is 22.3 Å². The fourth-order valence-corrected chi connectivity index (χ4v) is 7.68. The lowest BCUT2D eigenvalue weighted by Crippen LogP contribution is -2.20. The van der Waals surface area contributed by atoms with E-state index in [1.54, 1.807) is 0 Å². The standard InChI is InChI=1S/C33H18Br2O2/c34-29-21-9-11-33(27(21)31(36)25-15-19-7-3-1-5-17(19)13-23(25)29)12-10-22-28(33)32(37)26-16-20-8-4-2-6-18(20)14-24(26)30(22)35/h1-16,36-37H. The van der Waals surface area contributed by atoms with Gasteiger partial charge in [0, 0.05) is 41.6 Å². The van der Waals surface area contributed by atoms with Crippen LogP contribution >= 0.6 is 31.9 Å². The molecule has 0 heterocycles. The van der Waals surface area contributed by atoms with Gasteiger partial charge in [0.2, 0.25) is 0 Å². The SMILES string of the molecule is Oc1c2c(c(Br)c3cc4ccccc4cc13)C=CC21C=Cc2c1c(O)c1cc3ccccc3cc1c2Br. The molecule has 0 saturated heterocycles. The van der Waals surface area contributed by atoms with E-state index in [9.17, 15) is 10.2 Å². The van der Waals surface area contributed by atoms with Gasteiger partial charge in [-0.1, -0.05) is 72.8 Å². The highest BCUT2D eigenvalue weighted by molar-refractivity contribution is 9.11. The predicted molar refractivity (Wildman–Crippen MR) is 160 cm³/mol. The number of allylic oxidation sites excluding steroid dienone is 2. The number of phenols is 2. The summed E-state index contributed by atoms with van der Waals surface area (Å²) < 4.78 is 1.89. The molecule has 2 aliphatic rings. The Kier molecular flexibility index (Phi) is 4.21. The lowest BCUT2D eigenvalue weighted by Gasteiger charge is -2.28. The van der Waals surface area contributed by atoms with Crippen LogP contribution in [0, 0.1) is 0 Å². The van der Waals surface area contributed by atoms with Gasteiger partial charge in [0.25, 0.3) is 0 Å². The van der Waals surface area contributed by atoms with Crippen LogP contribution in [0.2, 0.25) is 0 Å². The van der Waals surface area contributed by atoms with E-state index in [0.29, 0.717) is 0 Å². The van der Waals surface area contributed by atoms with Gasteiger partial charge in [0.1, 0.15) is 11.5 Å². The molecule has 6 aromatic rings. The van der Waals surface area contributed by atoms with Gasteiger partial charge in [-0.25, -0.2) is 0 Å². The number of aromatic hydroxyl groups is 2. The molecule has 0 amide bonds. The number of rotatable bonds is 0. The quantitative estimate of drug-likeness (QED) is 0.169. The van der Waals surface area contributed by atoms with Crippen LogP contribution in [0.15, 0.2) is 93.9 Å². The van der Waals surface area contributed by atoms with Crippen molar-refractivity contribution in [2.45, 2.75) is 5.41 Å². The Bertz CT molecular complexity index is 1930. The molecular formula is C33H18Br2O2. The van der Waals surface area contributed by atoms with Gasteiger partial charge in [-0.15, -0.1) is 0 Å². The van der Waals surface area contributed by atoms with Crippen LogP contribution in [0.25, 0.3) is 55.2 Å². The Hall–Kier alpha value is -3.60. The van der Waals surface area contributed by atoms with E-state index in [4.69, 9.17) is 0 Å². The molecule has 2 nitrogen and oxygen atoms in total. The van der Waals surface area contributed by atoms with E-state index in [1.165, 1.54) is 0 Å².